The van der Waals surface area contributed by atoms with Crippen LogP contribution in [0.25, 0.3) is 11.6 Å². The van der Waals surface area contributed by atoms with E-state index in [1.807, 2.05) is 54.6 Å². The van der Waals surface area contributed by atoms with Crippen LogP contribution in [0.4, 0.5) is 0 Å². The van der Waals surface area contributed by atoms with Crippen molar-refractivity contribution >= 4 is 29.2 Å². The SMILES string of the molecule is CN(C)C(=O)C(=Cc1cccc(OCc2ccccc2)c1)c1ccnc(Cl)n1. The minimum absolute atomic E-state index is 0.0925. The highest BCUT2D eigenvalue weighted by Crippen LogP contribution is 2.22. The summed E-state index contributed by atoms with van der Waals surface area (Å²) in [5, 5.41) is 0.0925. The van der Waals surface area contributed by atoms with Gasteiger partial charge in [-0.2, -0.15) is 0 Å². The Morgan fingerprint density at radius 1 is 1.11 bits per heavy atom. The van der Waals surface area contributed by atoms with E-state index in [0.717, 1.165) is 16.9 Å². The predicted octanol–water partition coefficient (Wildman–Crippen LogP) is 4.34. The Morgan fingerprint density at radius 3 is 2.61 bits per heavy atom. The van der Waals surface area contributed by atoms with E-state index in [1.165, 1.54) is 11.1 Å². The summed E-state index contributed by atoms with van der Waals surface area (Å²) in [6.07, 6.45) is 3.30. The van der Waals surface area contributed by atoms with Gasteiger partial charge in [0.1, 0.15) is 12.4 Å². The fraction of sp³-hybridized carbons (Fsp3) is 0.136. The van der Waals surface area contributed by atoms with Gasteiger partial charge in [-0.25, -0.2) is 9.97 Å². The zero-order chi connectivity index (χ0) is 19.9. The molecule has 1 aromatic heterocycles. The number of nitrogens with zero attached hydrogens (tertiary/aromatic N) is 3. The van der Waals surface area contributed by atoms with E-state index in [2.05, 4.69) is 9.97 Å². The summed E-state index contributed by atoms with van der Waals surface area (Å²) in [6.45, 7) is 0.471. The maximum Gasteiger partial charge on any atom is 0.255 e. The van der Waals surface area contributed by atoms with Gasteiger partial charge >= 0.3 is 0 Å². The van der Waals surface area contributed by atoms with Crippen molar-refractivity contribution in [2.45, 2.75) is 6.61 Å². The summed E-state index contributed by atoms with van der Waals surface area (Å²) in [7, 11) is 3.39. The molecule has 1 heterocycles. The summed E-state index contributed by atoms with van der Waals surface area (Å²) < 4.78 is 5.88. The van der Waals surface area contributed by atoms with E-state index in [4.69, 9.17) is 16.3 Å². The lowest BCUT2D eigenvalue weighted by Gasteiger charge is -2.14. The zero-order valence-corrected chi connectivity index (χ0v) is 16.4. The van der Waals surface area contributed by atoms with Crippen LogP contribution in [0.5, 0.6) is 5.75 Å². The van der Waals surface area contributed by atoms with Gasteiger partial charge < -0.3 is 9.64 Å². The second kappa shape index (κ2) is 9.15. The molecular formula is C22H20ClN3O2. The van der Waals surface area contributed by atoms with Gasteiger partial charge in [-0.05, 0) is 47.0 Å². The molecule has 142 valence electrons. The first-order valence-electron chi connectivity index (χ1n) is 8.72. The molecule has 28 heavy (non-hydrogen) atoms. The number of hydrogen-bond acceptors (Lipinski definition) is 4. The molecule has 0 bridgehead atoms. The molecule has 6 heteroatoms. The number of carbonyl (C=O) groups excluding carboxylic acids is 1. The number of ether oxygens (including phenoxy) is 1. The van der Waals surface area contributed by atoms with Crippen LogP contribution in [-0.2, 0) is 11.4 Å². The number of amides is 1. The normalized spacial score (nSPS) is 11.2. The lowest BCUT2D eigenvalue weighted by Crippen LogP contribution is -2.23. The predicted molar refractivity (Wildman–Crippen MR) is 111 cm³/mol. The van der Waals surface area contributed by atoms with Crippen LogP contribution in [0.2, 0.25) is 5.28 Å². The minimum Gasteiger partial charge on any atom is -0.489 e. The molecule has 0 atom stereocenters. The first kappa shape index (κ1) is 19.6. The maximum absolute atomic E-state index is 12.7. The third-order valence-electron chi connectivity index (χ3n) is 3.96. The molecule has 0 saturated carbocycles. The second-order valence-corrected chi connectivity index (χ2v) is 6.65. The molecule has 0 aliphatic rings. The Labute approximate surface area is 169 Å². The Bertz CT molecular complexity index is 988. The van der Waals surface area contributed by atoms with Gasteiger partial charge in [-0.1, -0.05) is 42.5 Å². The first-order chi connectivity index (χ1) is 13.5. The maximum atomic E-state index is 12.7. The molecule has 0 aliphatic carbocycles. The molecule has 0 radical (unpaired) electrons. The molecule has 0 aliphatic heterocycles. The van der Waals surface area contributed by atoms with Gasteiger partial charge in [0.05, 0.1) is 11.3 Å². The van der Waals surface area contributed by atoms with Crippen molar-refractivity contribution in [3.63, 3.8) is 0 Å². The van der Waals surface area contributed by atoms with E-state index in [-0.39, 0.29) is 11.2 Å². The van der Waals surface area contributed by atoms with Crippen molar-refractivity contribution in [2.75, 3.05) is 14.1 Å². The molecule has 3 rings (SSSR count). The Hall–Kier alpha value is -3.18. The lowest BCUT2D eigenvalue weighted by atomic mass is 10.1. The van der Waals surface area contributed by atoms with Crippen molar-refractivity contribution in [1.29, 1.82) is 0 Å². The summed E-state index contributed by atoms with van der Waals surface area (Å²) in [5.74, 6) is 0.542. The number of hydrogen-bond donors (Lipinski definition) is 0. The summed E-state index contributed by atoms with van der Waals surface area (Å²) in [6, 6.07) is 19.2. The standard InChI is InChI=1S/C22H20ClN3O2/c1-26(2)21(27)19(20-11-12-24-22(23)25-20)14-17-9-6-10-18(13-17)28-15-16-7-4-3-5-8-16/h3-14H,15H2,1-2H3. The third kappa shape index (κ3) is 5.18. The molecule has 5 nitrogen and oxygen atoms in total. The van der Waals surface area contributed by atoms with Crippen molar-refractivity contribution in [2.24, 2.45) is 0 Å². The Balaban J connectivity index is 1.88. The Kier molecular flexibility index (Phi) is 6.40. The van der Waals surface area contributed by atoms with Gasteiger partial charge in [0.15, 0.2) is 0 Å². The molecule has 0 fully saturated rings. The quantitative estimate of drug-likeness (QED) is 0.462. The average molecular weight is 394 g/mol. The van der Waals surface area contributed by atoms with Gasteiger partial charge in [0.2, 0.25) is 5.28 Å². The highest BCUT2D eigenvalue weighted by molar-refractivity contribution is 6.29. The largest absolute Gasteiger partial charge is 0.489 e. The Morgan fingerprint density at radius 2 is 1.89 bits per heavy atom. The number of likely N-dealkylation sites (N-methyl/N-ethyl adjacent to an activating group) is 1. The minimum atomic E-state index is -0.176. The zero-order valence-electron chi connectivity index (χ0n) is 15.7. The molecule has 0 spiro atoms. The smallest absolute Gasteiger partial charge is 0.255 e. The van der Waals surface area contributed by atoms with Crippen LogP contribution in [-0.4, -0.2) is 34.9 Å². The molecule has 0 saturated heterocycles. The molecular weight excluding hydrogens is 374 g/mol. The summed E-state index contributed by atoms with van der Waals surface area (Å²) in [5.41, 5.74) is 2.80. The third-order valence-corrected chi connectivity index (χ3v) is 4.14. The highest BCUT2D eigenvalue weighted by Gasteiger charge is 2.16. The summed E-state index contributed by atoms with van der Waals surface area (Å²) >= 11 is 5.91. The number of aromatic nitrogens is 2. The molecule has 1 amide bonds. The van der Waals surface area contributed by atoms with Crippen LogP contribution in [0, 0.1) is 0 Å². The van der Waals surface area contributed by atoms with Crippen LogP contribution < -0.4 is 4.74 Å². The van der Waals surface area contributed by atoms with Crippen molar-refractivity contribution in [3.05, 3.63) is 89.0 Å². The molecule has 0 unspecified atom stereocenters. The lowest BCUT2D eigenvalue weighted by molar-refractivity contribution is -0.122. The van der Waals surface area contributed by atoms with Crippen LogP contribution >= 0.6 is 11.6 Å². The number of rotatable bonds is 6. The van der Waals surface area contributed by atoms with Crippen molar-refractivity contribution in [3.8, 4) is 5.75 Å². The molecule has 2 aromatic carbocycles. The topological polar surface area (TPSA) is 55.3 Å². The van der Waals surface area contributed by atoms with Gasteiger partial charge in [0, 0.05) is 20.3 Å². The number of halogens is 1. The average Bonchev–Trinajstić information content (AvgIpc) is 2.71. The molecule has 3 aromatic rings. The highest BCUT2D eigenvalue weighted by atomic mass is 35.5. The second-order valence-electron chi connectivity index (χ2n) is 6.32. The monoisotopic (exact) mass is 393 g/mol. The number of benzene rings is 2. The fourth-order valence-electron chi connectivity index (χ4n) is 2.57. The van der Waals surface area contributed by atoms with Gasteiger partial charge in [0.25, 0.3) is 5.91 Å². The van der Waals surface area contributed by atoms with Crippen LogP contribution in [0.1, 0.15) is 16.8 Å². The van der Waals surface area contributed by atoms with Gasteiger partial charge in [-0.3, -0.25) is 4.79 Å². The van der Waals surface area contributed by atoms with E-state index < -0.39 is 0 Å². The van der Waals surface area contributed by atoms with E-state index in [9.17, 15) is 4.79 Å². The van der Waals surface area contributed by atoms with Crippen LogP contribution in [0.3, 0.4) is 0 Å². The van der Waals surface area contributed by atoms with Gasteiger partial charge in [-0.15, -0.1) is 0 Å². The van der Waals surface area contributed by atoms with Crippen molar-refractivity contribution in [1.82, 2.24) is 14.9 Å². The molecule has 0 N–H and O–H groups in total. The van der Waals surface area contributed by atoms with E-state index in [0.29, 0.717) is 17.9 Å². The summed E-state index contributed by atoms with van der Waals surface area (Å²) in [4.78, 5) is 22.2. The fourth-order valence-corrected chi connectivity index (χ4v) is 2.72. The van der Waals surface area contributed by atoms with E-state index >= 15 is 0 Å². The van der Waals surface area contributed by atoms with Crippen molar-refractivity contribution < 1.29 is 9.53 Å². The number of carbonyl (C=O) groups is 1. The van der Waals surface area contributed by atoms with E-state index in [1.54, 1.807) is 26.2 Å². The van der Waals surface area contributed by atoms with Crippen LogP contribution in [0.15, 0.2) is 66.9 Å². The first-order valence-corrected chi connectivity index (χ1v) is 9.10.